The van der Waals surface area contributed by atoms with Crippen LogP contribution in [0.3, 0.4) is 0 Å². The maximum atomic E-state index is 6.50. The Morgan fingerprint density at radius 2 is 1.69 bits per heavy atom. The van der Waals surface area contributed by atoms with Crippen molar-refractivity contribution in [1.82, 2.24) is 5.32 Å². The molecular weight excluding hydrogens is 360 g/mol. The number of fused-ring (bicyclic) bond motifs is 1. The van der Waals surface area contributed by atoms with E-state index in [2.05, 4.69) is 61.7 Å². The van der Waals surface area contributed by atoms with E-state index >= 15 is 0 Å². The second-order valence-corrected chi connectivity index (χ2v) is 10.1. The zero-order chi connectivity index (χ0) is 18.6. The van der Waals surface area contributed by atoms with Crippen LogP contribution in [0.15, 0.2) is 36.4 Å². The molecule has 1 aliphatic heterocycles. The van der Waals surface area contributed by atoms with Crippen LogP contribution < -0.4 is 10.6 Å². The van der Waals surface area contributed by atoms with Gasteiger partial charge in [0.05, 0.1) is 10.7 Å². The molecule has 26 heavy (non-hydrogen) atoms. The number of benzene rings is 2. The molecule has 0 saturated heterocycles. The molecule has 0 spiro atoms. The molecule has 4 heteroatoms. The van der Waals surface area contributed by atoms with Crippen LogP contribution in [-0.2, 0) is 25.1 Å². The summed E-state index contributed by atoms with van der Waals surface area (Å²) in [6, 6.07) is 13.1. The lowest BCUT2D eigenvalue weighted by molar-refractivity contribution is 0.711. The molecule has 0 fully saturated rings. The van der Waals surface area contributed by atoms with Gasteiger partial charge in [-0.05, 0) is 54.3 Å². The quantitative estimate of drug-likeness (QED) is 0.689. The molecule has 140 valence electrons. The summed E-state index contributed by atoms with van der Waals surface area (Å²) in [6.07, 6.45) is 2.10. The highest BCUT2D eigenvalue weighted by atomic mass is 35.5. The Bertz CT molecular complexity index is 735. The fraction of sp³-hybridized carbons (Fsp3) is 0.455. The van der Waals surface area contributed by atoms with Crippen molar-refractivity contribution in [2.75, 3.05) is 18.4 Å². The van der Waals surface area contributed by atoms with Gasteiger partial charge < -0.3 is 10.6 Å². The van der Waals surface area contributed by atoms with Crippen LogP contribution in [-0.4, -0.2) is 17.8 Å². The van der Waals surface area contributed by atoms with Gasteiger partial charge in [0.2, 0.25) is 0 Å². The molecule has 1 aliphatic rings. The van der Waals surface area contributed by atoms with Crippen molar-refractivity contribution in [3.8, 4) is 0 Å². The fourth-order valence-corrected chi connectivity index (χ4v) is 4.21. The van der Waals surface area contributed by atoms with Crippen molar-refractivity contribution in [3.05, 3.63) is 63.7 Å². The Morgan fingerprint density at radius 3 is 2.42 bits per heavy atom. The summed E-state index contributed by atoms with van der Waals surface area (Å²) < 4.78 is 0.303. The molecule has 0 saturated carbocycles. The first-order valence-electron chi connectivity index (χ1n) is 9.39. The molecule has 0 aliphatic carbocycles. The maximum Gasteiger partial charge on any atom is 0.0640 e. The van der Waals surface area contributed by atoms with E-state index in [0.717, 1.165) is 48.9 Å². The zero-order valence-corrected chi connectivity index (χ0v) is 17.6. The van der Waals surface area contributed by atoms with Gasteiger partial charge in [0, 0.05) is 17.0 Å². The van der Waals surface area contributed by atoms with Crippen LogP contribution in [0.1, 0.15) is 43.0 Å². The van der Waals surface area contributed by atoms with E-state index in [1.54, 1.807) is 0 Å². The predicted molar refractivity (Wildman–Crippen MR) is 117 cm³/mol. The van der Waals surface area contributed by atoms with E-state index in [1.807, 2.05) is 17.8 Å². The molecule has 0 amide bonds. The van der Waals surface area contributed by atoms with Gasteiger partial charge in [-0.1, -0.05) is 62.7 Å². The molecule has 2 nitrogen and oxygen atoms in total. The van der Waals surface area contributed by atoms with Gasteiger partial charge >= 0.3 is 0 Å². The minimum atomic E-state index is 0.303. The van der Waals surface area contributed by atoms with Crippen molar-refractivity contribution in [2.45, 2.75) is 50.7 Å². The van der Waals surface area contributed by atoms with E-state index in [1.165, 1.54) is 22.3 Å². The molecule has 2 aromatic carbocycles. The monoisotopic (exact) mass is 388 g/mol. The number of hydrogen-bond acceptors (Lipinski definition) is 3. The van der Waals surface area contributed by atoms with E-state index in [9.17, 15) is 0 Å². The lowest BCUT2D eigenvalue weighted by Crippen LogP contribution is -2.16. The highest BCUT2D eigenvalue weighted by molar-refractivity contribution is 7.99. The summed E-state index contributed by atoms with van der Waals surface area (Å²) >= 11 is 8.49. The Hall–Kier alpha value is -1.16. The summed E-state index contributed by atoms with van der Waals surface area (Å²) in [6.45, 7) is 9.65. The Morgan fingerprint density at radius 1 is 1.00 bits per heavy atom. The first kappa shape index (κ1) is 19.6. The third kappa shape index (κ3) is 5.42. The Labute approximate surface area is 167 Å². The fourth-order valence-electron chi connectivity index (χ4n) is 3.18. The number of thioether (sulfide) groups is 1. The number of anilines is 1. The SMILES string of the molecule is CC(C)(C)SCc1ccc(CNc2c(Cl)ccc3c2CCNCC3)cc1. The first-order chi connectivity index (χ1) is 12.4. The average molecular weight is 389 g/mol. The van der Waals surface area contributed by atoms with Crippen LogP contribution >= 0.6 is 23.4 Å². The molecule has 3 rings (SSSR count). The zero-order valence-electron chi connectivity index (χ0n) is 16.0. The summed E-state index contributed by atoms with van der Waals surface area (Å²) in [5, 5.41) is 7.89. The van der Waals surface area contributed by atoms with Gasteiger partial charge in [-0.15, -0.1) is 0 Å². The molecule has 0 bridgehead atoms. The smallest absolute Gasteiger partial charge is 0.0640 e. The standard InChI is InChI=1S/C22H29ClN2S/c1-22(2,3)26-15-17-6-4-16(5-7-17)14-25-21-19-11-13-24-12-10-18(19)8-9-20(21)23/h4-9,24-25H,10-15H2,1-3H3. The summed E-state index contributed by atoms with van der Waals surface area (Å²) in [4.78, 5) is 0. The van der Waals surface area contributed by atoms with Gasteiger partial charge in [-0.2, -0.15) is 11.8 Å². The third-order valence-corrected chi connectivity index (χ3v) is 6.30. The first-order valence-corrected chi connectivity index (χ1v) is 10.8. The van der Waals surface area contributed by atoms with Gasteiger partial charge in [-0.25, -0.2) is 0 Å². The van der Waals surface area contributed by atoms with Crippen molar-refractivity contribution in [1.29, 1.82) is 0 Å². The van der Waals surface area contributed by atoms with Crippen LogP contribution in [0.4, 0.5) is 5.69 Å². The number of hydrogen-bond donors (Lipinski definition) is 2. The molecule has 0 radical (unpaired) electrons. The molecule has 1 heterocycles. The Balaban J connectivity index is 1.66. The summed E-state index contributed by atoms with van der Waals surface area (Å²) in [7, 11) is 0. The molecule has 0 unspecified atom stereocenters. The number of rotatable bonds is 5. The van der Waals surface area contributed by atoms with E-state index in [4.69, 9.17) is 11.6 Å². The van der Waals surface area contributed by atoms with Crippen LogP contribution in [0, 0.1) is 0 Å². The topological polar surface area (TPSA) is 24.1 Å². The highest BCUT2D eigenvalue weighted by Crippen LogP contribution is 2.31. The highest BCUT2D eigenvalue weighted by Gasteiger charge is 2.15. The van der Waals surface area contributed by atoms with Crippen LogP contribution in [0.2, 0.25) is 5.02 Å². The average Bonchev–Trinajstić information content (AvgIpc) is 2.85. The summed E-state index contributed by atoms with van der Waals surface area (Å²) in [5.41, 5.74) is 6.57. The van der Waals surface area contributed by atoms with E-state index in [0.29, 0.717) is 4.75 Å². The molecular formula is C22H29ClN2S. The lowest BCUT2D eigenvalue weighted by atomic mass is 10.0. The largest absolute Gasteiger partial charge is 0.380 e. The van der Waals surface area contributed by atoms with Crippen LogP contribution in [0.5, 0.6) is 0 Å². The molecule has 0 atom stereocenters. The van der Waals surface area contributed by atoms with Crippen LogP contribution in [0.25, 0.3) is 0 Å². The Kier molecular flexibility index (Phi) is 6.55. The van der Waals surface area contributed by atoms with Gasteiger partial charge in [0.1, 0.15) is 0 Å². The van der Waals surface area contributed by atoms with Gasteiger partial charge in [-0.3, -0.25) is 0 Å². The maximum absolute atomic E-state index is 6.50. The second-order valence-electron chi connectivity index (χ2n) is 7.88. The van der Waals surface area contributed by atoms with Crippen molar-refractivity contribution < 1.29 is 0 Å². The normalized spacial score (nSPS) is 14.6. The van der Waals surface area contributed by atoms with Gasteiger partial charge in [0.15, 0.2) is 0 Å². The van der Waals surface area contributed by atoms with Crippen molar-refractivity contribution in [2.24, 2.45) is 0 Å². The molecule has 0 aromatic heterocycles. The minimum absolute atomic E-state index is 0.303. The molecule has 2 aromatic rings. The second kappa shape index (κ2) is 8.69. The number of nitrogens with one attached hydrogen (secondary N) is 2. The molecule has 2 N–H and O–H groups in total. The minimum Gasteiger partial charge on any atom is -0.380 e. The van der Waals surface area contributed by atoms with Crippen molar-refractivity contribution >= 4 is 29.1 Å². The third-order valence-electron chi connectivity index (χ3n) is 4.65. The van der Waals surface area contributed by atoms with E-state index in [-0.39, 0.29) is 0 Å². The number of halogens is 1. The van der Waals surface area contributed by atoms with Gasteiger partial charge in [0.25, 0.3) is 0 Å². The van der Waals surface area contributed by atoms with Crippen molar-refractivity contribution in [3.63, 3.8) is 0 Å². The summed E-state index contributed by atoms with van der Waals surface area (Å²) in [5.74, 6) is 1.06. The lowest BCUT2D eigenvalue weighted by Gasteiger charge is -2.18. The van der Waals surface area contributed by atoms with E-state index < -0.39 is 0 Å². The predicted octanol–water partition coefficient (Wildman–Crippen LogP) is 5.67.